The van der Waals surface area contributed by atoms with Crippen molar-refractivity contribution >= 4 is 28.5 Å². The molecular formula is C8H5BCl2. The second-order valence-corrected chi connectivity index (χ2v) is 3.03. The van der Waals surface area contributed by atoms with E-state index in [1.54, 1.807) is 0 Å². The van der Waals surface area contributed by atoms with Gasteiger partial charge >= 0.3 is 5.54 Å². The molecule has 1 aromatic carbocycles. The van der Waals surface area contributed by atoms with Gasteiger partial charge in [-0.2, -0.15) is 22.9 Å². The van der Waals surface area contributed by atoms with Gasteiger partial charge in [-0.05, 0) is 12.1 Å². The monoisotopic (exact) mass is 182 g/mol. The first-order valence-corrected chi connectivity index (χ1v) is 4.01. The smallest absolute Gasteiger partial charge is 0.153 e. The van der Waals surface area contributed by atoms with Gasteiger partial charge in [-0.3, -0.25) is 0 Å². The quantitative estimate of drug-likeness (QED) is 0.428. The molecule has 0 heterocycles. The molecule has 0 amide bonds. The highest BCUT2D eigenvalue weighted by Gasteiger charge is 1.96. The van der Waals surface area contributed by atoms with Crippen LogP contribution < -0.4 is 0 Å². The fourth-order valence-corrected chi connectivity index (χ4v) is 0.768. The summed E-state index contributed by atoms with van der Waals surface area (Å²) in [7, 11) is 0. The van der Waals surface area contributed by atoms with Crippen LogP contribution in [-0.4, -0.2) is 5.54 Å². The van der Waals surface area contributed by atoms with Crippen LogP contribution >= 0.6 is 22.9 Å². The number of hydrogen-bond acceptors (Lipinski definition) is 0. The molecular weight excluding hydrogens is 178 g/mol. The first-order valence-electron chi connectivity index (χ1n) is 3.14. The third kappa shape index (κ3) is 3.37. The van der Waals surface area contributed by atoms with E-state index in [9.17, 15) is 0 Å². The molecule has 0 bridgehead atoms. The summed E-state index contributed by atoms with van der Waals surface area (Å²) in [6, 6.07) is 9.58. The molecule has 0 saturated heterocycles. The Labute approximate surface area is 76.4 Å². The molecule has 54 valence electrons. The standard InChI is InChI=1S/C8H5BCl2/c10-9(11)7-6-8-4-2-1-3-5-8/h1-5H. The molecule has 0 aliphatic rings. The Bertz CT molecular complexity index is 271. The minimum atomic E-state index is -0.602. The summed E-state index contributed by atoms with van der Waals surface area (Å²) < 4.78 is 0. The van der Waals surface area contributed by atoms with Gasteiger partial charge in [0.2, 0.25) is 0 Å². The summed E-state index contributed by atoms with van der Waals surface area (Å²) in [4.78, 5) is 0. The van der Waals surface area contributed by atoms with Crippen molar-refractivity contribution in [1.29, 1.82) is 0 Å². The zero-order valence-electron chi connectivity index (χ0n) is 5.72. The molecule has 11 heavy (non-hydrogen) atoms. The number of benzene rings is 1. The maximum absolute atomic E-state index is 5.42. The molecule has 0 N–H and O–H groups in total. The average Bonchev–Trinajstić information content (AvgIpc) is 2.03. The van der Waals surface area contributed by atoms with Crippen molar-refractivity contribution in [2.45, 2.75) is 0 Å². The Morgan fingerprint density at radius 3 is 2.27 bits per heavy atom. The van der Waals surface area contributed by atoms with Crippen LogP contribution in [0.3, 0.4) is 0 Å². The van der Waals surface area contributed by atoms with Crippen LogP contribution in [0.4, 0.5) is 0 Å². The zero-order valence-corrected chi connectivity index (χ0v) is 7.23. The van der Waals surface area contributed by atoms with E-state index in [0.29, 0.717) is 0 Å². The van der Waals surface area contributed by atoms with E-state index in [1.165, 1.54) is 0 Å². The third-order valence-electron chi connectivity index (χ3n) is 1.10. The predicted octanol–water partition coefficient (Wildman–Crippen LogP) is 2.54. The lowest BCUT2D eigenvalue weighted by Crippen LogP contribution is -1.84. The summed E-state index contributed by atoms with van der Waals surface area (Å²) in [5.41, 5.74) is 0.328. The molecule has 0 radical (unpaired) electrons. The maximum Gasteiger partial charge on any atom is 0.432 e. The summed E-state index contributed by atoms with van der Waals surface area (Å²) in [6.45, 7) is 0. The van der Waals surface area contributed by atoms with E-state index in [4.69, 9.17) is 22.9 Å². The van der Waals surface area contributed by atoms with Crippen molar-refractivity contribution in [3.05, 3.63) is 35.9 Å². The van der Waals surface area contributed by atoms with Gasteiger partial charge in [0, 0.05) is 5.56 Å². The number of halogens is 2. The summed E-state index contributed by atoms with van der Waals surface area (Å²) in [6.07, 6.45) is 0. The Balaban J connectivity index is 2.75. The summed E-state index contributed by atoms with van der Waals surface area (Å²) in [5.74, 6) is 5.47. The van der Waals surface area contributed by atoms with Gasteiger partial charge < -0.3 is 0 Å². The minimum Gasteiger partial charge on any atom is -0.153 e. The first-order chi connectivity index (χ1) is 5.29. The largest absolute Gasteiger partial charge is 0.432 e. The van der Waals surface area contributed by atoms with E-state index in [1.807, 2.05) is 30.3 Å². The van der Waals surface area contributed by atoms with E-state index in [2.05, 4.69) is 11.7 Å². The number of rotatable bonds is 0. The second-order valence-electron chi connectivity index (χ2n) is 1.94. The van der Waals surface area contributed by atoms with Crippen molar-refractivity contribution in [2.75, 3.05) is 0 Å². The lowest BCUT2D eigenvalue weighted by atomic mass is 10.1. The Kier molecular flexibility index (Phi) is 3.36. The molecule has 1 rings (SSSR count). The maximum atomic E-state index is 5.42. The molecule has 0 saturated carbocycles. The van der Waals surface area contributed by atoms with Gasteiger partial charge in [-0.15, -0.1) is 5.82 Å². The minimum absolute atomic E-state index is 0.602. The van der Waals surface area contributed by atoms with Crippen molar-refractivity contribution in [2.24, 2.45) is 0 Å². The van der Waals surface area contributed by atoms with Crippen LogP contribution in [-0.2, 0) is 0 Å². The molecule has 0 spiro atoms. The van der Waals surface area contributed by atoms with E-state index in [0.717, 1.165) is 5.56 Å². The molecule has 0 aromatic heterocycles. The van der Waals surface area contributed by atoms with Gasteiger partial charge in [0.15, 0.2) is 0 Å². The van der Waals surface area contributed by atoms with E-state index in [-0.39, 0.29) is 0 Å². The molecule has 0 aliphatic carbocycles. The van der Waals surface area contributed by atoms with Crippen molar-refractivity contribution in [3.8, 4) is 11.7 Å². The highest BCUT2D eigenvalue weighted by atomic mass is 35.5. The number of hydrogen-bond donors (Lipinski definition) is 0. The zero-order chi connectivity index (χ0) is 8.10. The van der Waals surface area contributed by atoms with Crippen LogP contribution in [0, 0.1) is 11.7 Å². The molecule has 3 heteroatoms. The van der Waals surface area contributed by atoms with Gasteiger partial charge in [0.05, 0.1) is 0 Å². The van der Waals surface area contributed by atoms with E-state index >= 15 is 0 Å². The SMILES string of the molecule is ClB(Cl)C#Cc1ccccc1. The summed E-state index contributed by atoms with van der Waals surface area (Å²) in [5, 5.41) is 0. The molecule has 0 aliphatic heterocycles. The van der Waals surface area contributed by atoms with Crippen LogP contribution in [0.15, 0.2) is 30.3 Å². The van der Waals surface area contributed by atoms with Gasteiger partial charge in [0.1, 0.15) is 0 Å². The third-order valence-corrected chi connectivity index (χ3v) is 1.32. The molecule has 0 unspecified atom stereocenters. The second kappa shape index (κ2) is 4.33. The highest BCUT2D eigenvalue weighted by Crippen LogP contribution is 1.97. The normalized spacial score (nSPS) is 8.18. The Morgan fingerprint density at radius 2 is 1.73 bits per heavy atom. The van der Waals surface area contributed by atoms with Gasteiger partial charge in [0.25, 0.3) is 0 Å². The average molecular weight is 183 g/mol. The van der Waals surface area contributed by atoms with Crippen molar-refractivity contribution in [3.63, 3.8) is 0 Å². The van der Waals surface area contributed by atoms with Crippen molar-refractivity contribution in [1.82, 2.24) is 0 Å². The topological polar surface area (TPSA) is 0 Å². The van der Waals surface area contributed by atoms with Crippen LogP contribution in [0.5, 0.6) is 0 Å². The van der Waals surface area contributed by atoms with Gasteiger partial charge in [-0.1, -0.05) is 24.1 Å². The molecule has 0 nitrogen and oxygen atoms in total. The fourth-order valence-electron chi connectivity index (χ4n) is 0.659. The summed E-state index contributed by atoms with van der Waals surface area (Å²) >= 11 is 10.8. The first kappa shape index (κ1) is 8.52. The fraction of sp³-hybridized carbons (Fsp3) is 0. The molecule has 0 atom stereocenters. The molecule has 1 aromatic rings. The molecule has 0 fully saturated rings. The Hall–Kier alpha value is -0.575. The lowest BCUT2D eigenvalue weighted by molar-refractivity contribution is 1.65. The lowest BCUT2D eigenvalue weighted by Gasteiger charge is -1.85. The van der Waals surface area contributed by atoms with Gasteiger partial charge in [-0.25, -0.2) is 0 Å². The Morgan fingerprint density at radius 1 is 1.09 bits per heavy atom. The highest BCUT2D eigenvalue weighted by molar-refractivity contribution is 7.37. The van der Waals surface area contributed by atoms with Crippen LogP contribution in [0.2, 0.25) is 0 Å². The predicted molar refractivity (Wildman–Crippen MR) is 50.8 cm³/mol. The van der Waals surface area contributed by atoms with E-state index < -0.39 is 5.54 Å². The van der Waals surface area contributed by atoms with Crippen LogP contribution in [0.1, 0.15) is 5.56 Å². The van der Waals surface area contributed by atoms with Crippen LogP contribution in [0.25, 0.3) is 0 Å². The van der Waals surface area contributed by atoms with Crippen molar-refractivity contribution < 1.29 is 0 Å².